The first kappa shape index (κ1) is 11.4. The molecule has 0 aliphatic heterocycles. The lowest BCUT2D eigenvalue weighted by atomic mass is 10.1. The monoisotopic (exact) mass is 212 g/mol. The molecule has 0 bridgehead atoms. The summed E-state index contributed by atoms with van der Waals surface area (Å²) >= 11 is 0. The Morgan fingerprint density at radius 3 is 2.80 bits per heavy atom. The van der Waals surface area contributed by atoms with Crippen LogP contribution in [0.3, 0.4) is 0 Å². The highest BCUT2D eigenvalue weighted by Crippen LogP contribution is 2.24. The molecule has 0 atom stereocenters. The van der Waals surface area contributed by atoms with Crippen molar-refractivity contribution < 1.29 is 14.5 Å². The number of non-ortho nitro benzene ring substituents is 1. The molecule has 15 heavy (non-hydrogen) atoms. The van der Waals surface area contributed by atoms with Crippen LogP contribution in [0, 0.1) is 10.1 Å². The summed E-state index contributed by atoms with van der Waals surface area (Å²) in [5.74, 6) is 5.49. The second-order valence-corrected chi connectivity index (χ2v) is 2.87. The van der Waals surface area contributed by atoms with Crippen LogP contribution in [0.1, 0.15) is 5.56 Å². The third-order valence-electron chi connectivity index (χ3n) is 1.96. The average molecular weight is 212 g/mol. The van der Waals surface area contributed by atoms with E-state index < -0.39 is 4.92 Å². The second kappa shape index (κ2) is 5.28. The Hall–Kier alpha value is -1.66. The SMILES string of the molecule is COc1ccc([N+](=O)[O-])cc1CCON. The van der Waals surface area contributed by atoms with Crippen LogP contribution in [0.2, 0.25) is 0 Å². The van der Waals surface area contributed by atoms with Gasteiger partial charge in [0.25, 0.3) is 5.69 Å². The lowest BCUT2D eigenvalue weighted by Crippen LogP contribution is -2.05. The van der Waals surface area contributed by atoms with Gasteiger partial charge in [0.1, 0.15) is 5.75 Å². The largest absolute Gasteiger partial charge is 0.496 e. The number of hydrogen-bond acceptors (Lipinski definition) is 5. The van der Waals surface area contributed by atoms with E-state index in [9.17, 15) is 10.1 Å². The number of methoxy groups -OCH3 is 1. The third-order valence-corrected chi connectivity index (χ3v) is 1.96. The standard InChI is InChI=1S/C9H12N2O4/c1-14-9-3-2-8(11(12)13)6-7(9)4-5-15-10/h2-3,6H,4-5,10H2,1H3. The van der Waals surface area contributed by atoms with Gasteiger partial charge in [0.05, 0.1) is 18.6 Å². The van der Waals surface area contributed by atoms with Crippen molar-refractivity contribution in [3.05, 3.63) is 33.9 Å². The average Bonchev–Trinajstić information content (AvgIpc) is 2.25. The van der Waals surface area contributed by atoms with Gasteiger partial charge in [-0.3, -0.25) is 10.1 Å². The summed E-state index contributed by atoms with van der Waals surface area (Å²) in [6.45, 7) is 0.289. The van der Waals surface area contributed by atoms with Gasteiger partial charge in [-0.15, -0.1) is 0 Å². The molecule has 1 aromatic rings. The van der Waals surface area contributed by atoms with Crippen molar-refractivity contribution in [1.82, 2.24) is 0 Å². The zero-order chi connectivity index (χ0) is 11.3. The van der Waals surface area contributed by atoms with Crippen molar-refractivity contribution in [2.45, 2.75) is 6.42 Å². The predicted molar refractivity (Wildman–Crippen MR) is 53.5 cm³/mol. The van der Waals surface area contributed by atoms with Crippen LogP contribution in [0.5, 0.6) is 5.75 Å². The smallest absolute Gasteiger partial charge is 0.269 e. The number of benzene rings is 1. The van der Waals surface area contributed by atoms with Crippen LogP contribution >= 0.6 is 0 Å². The molecule has 0 amide bonds. The Kier molecular flexibility index (Phi) is 4.02. The number of rotatable bonds is 5. The van der Waals surface area contributed by atoms with Gasteiger partial charge < -0.3 is 9.57 Å². The fourth-order valence-corrected chi connectivity index (χ4v) is 1.24. The van der Waals surface area contributed by atoms with Crippen LogP contribution in [0.4, 0.5) is 5.69 Å². The first-order valence-corrected chi connectivity index (χ1v) is 4.32. The molecule has 0 aliphatic carbocycles. The highest BCUT2D eigenvalue weighted by molar-refractivity contribution is 5.43. The van der Waals surface area contributed by atoms with Crippen molar-refractivity contribution >= 4 is 5.69 Å². The molecule has 0 spiro atoms. The van der Waals surface area contributed by atoms with Crippen LogP contribution in [-0.4, -0.2) is 18.6 Å². The first-order chi connectivity index (χ1) is 7.19. The summed E-state index contributed by atoms with van der Waals surface area (Å²) in [6, 6.07) is 4.41. The van der Waals surface area contributed by atoms with Crippen LogP contribution in [0.25, 0.3) is 0 Å². The van der Waals surface area contributed by atoms with Gasteiger partial charge >= 0.3 is 0 Å². The fourth-order valence-electron chi connectivity index (χ4n) is 1.24. The van der Waals surface area contributed by atoms with E-state index in [1.165, 1.54) is 19.2 Å². The van der Waals surface area contributed by atoms with E-state index in [2.05, 4.69) is 4.84 Å². The molecule has 1 rings (SSSR count). The number of nitrogens with two attached hydrogens (primary N) is 1. The van der Waals surface area contributed by atoms with Crippen molar-refractivity contribution in [1.29, 1.82) is 0 Å². The van der Waals surface area contributed by atoms with Gasteiger partial charge in [0.15, 0.2) is 0 Å². The molecule has 0 aliphatic rings. The molecule has 6 nitrogen and oxygen atoms in total. The maximum Gasteiger partial charge on any atom is 0.269 e. The topological polar surface area (TPSA) is 87.6 Å². The molecule has 1 aromatic carbocycles. The zero-order valence-electron chi connectivity index (χ0n) is 8.30. The number of ether oxygens (including phenoxy) is 1. The van der Waals surface area contributed by atoms with Crippen molar-refractivity contribution in [2.75, 3.05) is 13.7 Å². The molecule has 6 heteroatoms. The van der Waals surface area contributed by atoms with E-state index in [0.29, 0.717) is 17.7 Å². The van der Waals surface area contributed by atoms with Crippen LogP contribution < -0.4 is 10.6 Å². The Labute approximate surface area is 86.7 Å². The van der Waals surface area contributed by atoms with Gasteiger partial charge in [-0.2, -0.15) is 0 Å². The summed E-state index contributed by atoms with van der Waals surface area (Å²) in [7, 11) is 1.51. The van der Waals surface area contributed by atoms with Gasteiger partial charge in [-0.25, -0.2) is 5.90 Å². The third kappa shape index (κ3) is 2.90. The van der Waals surface area contributed by atoms with Crippen molar-refractivity contribution in [3.8, 4) is 5.75 Å². The molecule has 0 fully saturated rings. The molecule has 0 heterocycles. The van der Waals surface area contributed by atoms with Crippen molar-refractivity contribution in [3.63, 3.8) is 0 Å². The Bertz CT molecular complexity index is 354. The molecule has 0 saturated heterocycles. The molecule has 0 saturated carbocycles. The Morgan fingerprint density at radius 1 is 1.53 bits per heavy atom. The number of nitro benzene ring substituents is 1. The summed E-state index contributed by atoms with van der Waals surface area (Å²) in [6.07, 6.45) is 0.474. The van der Waals surface area contributed by atoms with E-state index in [1.54, 1.807) is 6.07 Å². The summed E-state index contributed by atoms with van der Waals surface area (Å²) in [5, 5.41) is 10.5. The van der Waals surface area contributed by atoms with E-state index >= 15 is 0 Å². The molecule has 2 N–H and O–H groups in total. The van der Waals surface area contributed by atoms with Crippen LogP contribution in [-0.2, 0) is 11.3 Å². The molecular formula is C9H12N2O4. The van der Waals surface area contributed by atoms with Crippen LogP contribution in [0.15, 0.2) is 18.2 Å². The molecule has 82 valence electrons. The predicted octanol–water partition coefficient (Wildman–Crippen LogP) is 1.04. The summed E-state index contributed by atoms with van der Waals surface area (Å²) in [5.41, 5.74) is 0.736. The molecule has 0 radical (unpaired) electrons. The zero-order valence-corrected chi connectivity index (χ0v) is 8.30. The lowest BCUT2D eigenvalue weighted by molar-refractivity contribution is -0.384. The number of nitro groups is 1. The number of hydrogen-bond donors (Lipinski definition) is 1. The van der Waals surface area contributed by atoms with E-state index in [0.717, 1.165) is 0 Å². The normalized spacial score (nSPS) is 10.0. The van der Waals surface area contributed by atoms with E-state index in [-0.39, 0.29) is 12.3 Å². The minimum atomic E-state index is -0.452. The highest BCUT2D eigenvalue weighted by Gasteiger charge is 2.10. The minimum Gasteiger partial charge on any atom is -0.496 e. The fraction of sp³-hybridized carbons (Fsp3) is 0.333. The van der Waals surface area contributed by atoms with E-state index in [4.69, 9.17) is 10.6 Å². The summed E-state index contributed by atoms with van der Waals surface area (Å²) in [4.78, 5) is 14.5. The van der Waals surface area contributed by atoms with Gasteiger partial charge in [0, 0.05) is 24.1 Å². The van der Waals surface area contributed by atoms with Gasteiger partial charge in [-0.05, 0) is 6.07 Å². The quantitative estimate of drug-likeness (QED) is 0.581. The summed E-state index contributed by atoms with van der Waals surface area (Å²) < 4.78 is 5.06. The Morgan fingerprint density at radius 2 is 2.27 bits per heavy atom. The first-order valence-electron chi connectivity index (χ1n) is 4.32. The molecular weight excluding hydrogens is 200 g/mol. The number of nitrogens with zero attached hydrogens (tertiary/aromatic N) is 1. The van der Waals surface area contributed by atoms with Gasteiger partial charge in [0.2, 0.25) is 0 Å². The van der Waals surface area contributed by atoms with E-state index in [1.807, 2.05) is 0 Å². The highest BCUT2D eigenvalue weighted by atomic mass is 16.6. The maximum absolute atomic E-state index is 10.5. The van der Waals surface area contributed by atoms with Gasteiger partial charge in [-0.1, -0.05) is 0 Å². The Balaban J connectivity index is 2.96. The maximum atomic E-state index is 10.5. The minimum absolute atomic E-state index is 0.0304. The lowest BCUT2D eigenvalue weighted by Gasteiger charge is -2.07. The molecule has 0 aromatic heterocycles. The molecule has 0 unspecified atom stereocenters. The van der Waals surface area contributed by atoms with Crippen molar-refractivity contribution in [2.24, 2.45) is 5.90 Å². The second-order valence-electron chi connectivity index (χ2n) is 2.87.